The fourth-order valence-electron chi connectivity index (χ4n) is 1.12. The van der Waals surface area contributed by atoms with Crippen LogP contribution in [-0.4, -0.2) is 13.0 Å². The largest absolute Gasteiger partial charge is 0.312 e. The Morgan fingerprint density at radius 2 is 1.79 bits per heavy atom. The van der Waals surface area contributed by atoms with Crippen molar-refractivity contribution in [2.75, 3.05) is 11.9 Å². The second-order valence-electron chi connectivity index (χ2n) is 3.45. The van der Waals surface area contributed by atoms with Crippen LogP contribution in [0.25, 0.3) is 0 Å². The molecule has 0 aliphatic rings. The summed E-state index contributed by atoms with van der Waals surface area (Å²) in [7, 11) is 1.77. The van der Waals surface area contributed by atoms with Crippen LogP contribution in [0.4, 0.5) is 5.69 Å². The maximum absolute atomic E-state index is 11.6. The molecule has 0 saturated carbocycles. The number of amides is 1. The molecule has 0 fully saturated rings. The Morgan fingerprint density at radius 1 is 1.21 bits per heavy atom. The average molecular weight is 189 g/mol. The van der Waals surface area contributed by atoms with Crippen LogP contribution in [-0.2, 0) is 4.79 Å². The van der Waals surface area contributed by atoms with Gasteiger partial charge in [0.2, 0.25) is 0 Å². The Bertz CT molecular complexity index is 337. The Kier molecular flexibility index (Phi) is 3.46. The molecule has 0 radical (unpaired) electrons. The van der Waals surface area contributed by atoms with E-state index in [0.29, 0.717) is 0 Å². The quantitative estimate of drug-likeness (QED) is 0.655. The highest BCUT2D eigenvalue weighted by molar-refractivity contribution is 6.01. The van der Waals surface area contributed by atoms with E-state index < -0.39 is 0 Å². The first kappa shape index (κ1) is 10.5. The van der Waals surface area contributed by atoms with E-state index in [-0.39, 0.29) is 5.91 Å². The maximum Gasteiger partial charge on any atom is 0.250 e. The minimum Gasteiger partial charge on any atom is -0.312 e. The summed E-state index contributed by atoms with van der Waals surface area (Å²) in [6.45, 7) is 3.83. The van der Waals surface area contributed by atoms with Gasteiger partial charge in [-0.1, -0.05) is 23.8 Å². The fourth-order valence-corrected chi connectivity index (χ4v) is 1.12. The van der Waals surface area contributed by atoms with E-state index in [2.05, 4.69) is 0 Å². The smallest absolute Gasteiger partial charge is 0.250 e. The number of hydrogen-bond acceptors (Lipinski definition) is 1. The number of benzene rings is 1. The lowest BCUT2D eigenvalue weighted by Crippen LogP contribution is -2.24. The van der Waals surface area contributed by atoms with Crippen LogP contribution >= 0.6 is 0 Å². The summed E-state index contributed by atoms with van der Waals surface area (Å²) in [4.78, 5) is 13.2. The molecular weight excluding hydrogens is 174 g/mol. The summed E-state index contributed by atoms with van der Waals surface area (Å²) in [6.07, 6.45) is 1.63. The molecule has 1 aromatic carbocycles. The molecule has 0 aromatic heterocycles. The van der Waals surface area contributed by atoms with Crippen LogP contribution in [0, 0.1) is 0 Å². The first-order valence-corrected chi connectivity index (χ1v) is 4.59. The molecule has 1 aromatic rings. The van der Waals surface area contributed by atoms with Crippen molar-refractivity contribution in [1.82, 2.24) is 0 Å². The zero-order valence-corrected chi connectivity index (χ0v) is 8.82. The molecule has 0 bridgehead atoms. The number of nitrogens with zero attached hydrogens (tertiary/aromatic N) is 1. The van der Waals surface area contributed by atoms with Crippen molar-refractivity contribution in [3.05, 3.63) is 42.0 Å². The average Bonchev–Trinajstić information content (AvgIpc) is 2.17. The highest BCUT2D eigenvalue weighted by Gasteiger charge is 2.06. The molecule has 74 valence electrons. The van der Waals surface area contributed by atoms with Gasteiger partial charge in [0.1, 0.15) is 0 Å². The predicted molar refractivity (Wildman–Crippen MR) is 59.3 cm³/mol. The van der Waals surface area contributed by atoms with E-state index in [9.17, 15) is 4.79 Å². The summed E-state index contributed by atoms with van der Waals surface area (Å²) >= 11 is 0. The maximum atomic E-state index is 11.6. The van der Waals surface area contributed by atoms with Crippen LogP contribution < -0.4 is 4.90 Å². The van der Waals surface area contributed by atoms with Gasteiger partial charge in [0, 0.05) is 18.8 Å². The molecule has 0 unspecified atom stereocenters. The zero-order chi connectivity index (χ0) is 10.6. The molecule has 14 heavy (non-hydrogen) atoms. The first-order valence-electron chi connectivity index (χ1n) is 4.59. The minimum atomic E-state index is 0.0104. The molecule has 1 amide bonds. The van der Waals surface area contributed by atoms with Crippen molar-refractivity contribution in [2.45, 2.75) is 13.8 Å². The number of para-hydroxylation sites is 1. The highest BCUT2D eigenvalue weighted by Crippen LogP contribution is 2.11. The highest BCUT2D eigenvalue weighted by atomic mass is 16.2. The Morgan fingerprint density at radius 3 is 2.29 bits per heavy atom. The van der Waals surface area contributed by atoms with Crippen LogP contribution in [0.1, 0.15) is 13.8 Å². The van der Waals surface area contributed by atoms with Gasteiger partial charge in [-0.05, 0) is 26.0 Å². The lowest BCUT2D eigenvalue weighted by molar-refractivity contribution is -0.113. The van der Waals surface area contributed by atoms with E-state index in [4.69, 9.17) is 0 Å². The lowest BCUT2D eigenvalue weighted by atomic mass is 10.2. The van der Waals surface area contributed by atoms with E-state index in [1.807, 2.05) is 44.2 Å². The topological polar surface area (TPSA) is 20.3 Å². The summed E-state index contributed by atoms with van der Waals surface area (Å²) in [5.41, 5.74) is 1.92. The summed E-state index contributed by atoms with van der Waals surface area (Å²) < 4.78 is 0. The zero-order valence-electron chi connectivity index (χ0n) is 8.82. The number of carbonyl (C=O) groups excluding carboxylic acids is 1. The fraction of sp³-hybridized carbons (Fsp3) is 0.250. The van der Waals surface area contributed by atoms with Crippen LogP contribution in [0.3, 0.4) is 0 Å². The van der Waals surface area contributed by atoms with Gasteiger partial charge in [0.25, 0.3) is 5.91 Å². The van der Waals surface area contributed by atoms with Gasteiger partial charge in [-0.3, -0.25) is 4.79 Å². The minimum absolute atomic E-state index is 0.0104. The number of hydrogen-bond donors (Lipinski definition) is 0. The third kappa shape index (κ3) is 2.73. The van der Waals surface area contributed by atoms with Crippen molar-refractivity contribution in [1.29, 1.82) is 0 Å². The van der Waals surface area contributed by atoms with Gasteiger partial charge in [0.15, 0.2) is 0 Å². The molecule has 0 heterocycles. The summed E-state index contributed by atoms with van der Waals surface area (Å²) in [6, 6.07) is 9.60. The second-order valence-corrected chi connectivity index (χ2v) is 3.45. The van der Waals surface area contributed by atoms with Gasteiger partial charge in [-0.25, -0.2) is 0 Å². The SMILES string of the molecule is CC(C)=CC(=O)N(C)c1ccccc1. The molecular formula is C12H15NO. The van der Waals surface area contributed by atoms with Crippen molar-refractivity contribution in [2.24, 2.45) is 0 Å². The molecule has 0 atom stereocenters. The van der Waals surface area contributed by atoms with Crippen molar-refractivity contribution >= 4 is 11.6 Å². The van der Waals surface area contributed by atoms with Gasteiger partial charge in [-0.2, -0.15) is 0 Å². The Hall–Kier alpha value is -1.57. The summed E-state index contributed by atoms with van der Waals surface area (Å²) in [5, 5.41) is 0. The van der Waals surface area contributed by atoms with E-state index in [1.54, 1.807) is 18.0 Å². The number of anilines is 1. The Balaban J connectivity index is 2.81. The van der Waals surface area contributed by atoms with Gasteiger partial charge < -0.3 is 4.90 Å². The van der Waals surface area contributed by atoms with Gasteiger partial charge in [-0.15, -0.1) is 0 Å². The van der Waals surface area contributed by atoms with Crippen molar-refractivity contribution in [3.8, 4) is 0 Å². The molecule has 2 nitrogen and oxygen atoms in total. The van der Waals surface area contributed by atoms with Crippen molar-refractivity contribution < 1.29 is 4.79 Å². The number of rotatable bonds is 2. The number of likely N-dealkylation sites (N-methyl/N-ethyl adjacent to an activating group) is 1. The standard InChI is InChI=1S/C12H15NO/c1-10(2)9-12(14)13(3)11-7-5-4-6-8-11/h4-9H,1-3H3. The first-order chi connectivity index (χ1) is 6.61. The van der Waals surface area contributed by atoms with E-state index in [0.717, 1.165) is 11.3 Å². The molecule has 1 rings (SSSR count). The van der Waals surface area contributed by atoms with Gasteiger partial charge >= 0.3 is 0 Å². The monoisotopic (exact) mass is 189 g/mol. The number of allylic oxidation sites excluding steroid dienone is 1. The third-order valence-corrected chi connectivity index (χ3v) is 1.89. The lowest BCUT2D eigenvalue weighted by Gasteiger charge is -2.15. The Labute approximate surface area is 84.9 Å². The molecule has 0 N–H and O–H groups in total. The normalized spacial score (nSPS) is 9.36. The van der Waals surface area contributed by atoms with Crippen molar-refractivity contribution in [3.63, 3.8) is 0 Å². The van der Waals surface area contributed by atoms with Crippen LogP contribution in [0.5, 0.6) is 0 Å². The van der Waals surface area contributed by atoms with E-state index >= 15 is 0 Å². The van der Waals surface area contributed by atoms with E-state index in [1.165, 1.54) is 0 Å². The van der Waals surface area contributed by atoms with Gasteiger partial charge in [0.05, 0.1) is 0 Å². The molecule has 0 aliphatic carbocycles. The van der Waals surface area contributed by atoms with Crippen LogP contribution in [0.15, 0.2) is 42.0 Å². The summed E-state index contributed by atoms with van der Waals surface area (Å²) in [5.74, 6) is 0.0104. The number of carbonyl (C=O) groups is 1. The molecule has 2 heteroatoms. The molecule has 0 saturated heterocycles. The molecule has 0 aliphatic heterocycles. The second kappa shape index (κ2) is 4.61. The third-order valence-electron chi connectivity index (χ3n) is 1.89. The van der Waals surface area contributed by atoms with Crippen LogP contribution in [0.2, 0.25) is 0 Å². The molecule has 0 spiro atoms. The predicted octanol–water partition coefficient (Wildman–Crippen LogP) is 2.62.